The number of aromatic nitrogens is 1. The van der Waals surface area contributed by atoms with Crippen LogP contribution in [0.25, 0.3) is 0 Å². The molecule has 0 aromatic carbocycles. The predicted molar refractivity (Wildman–Crippen MR) is 74.6 cm³/mol. The first-order valence-electron chi connectivity index (χ1n) is 6.90. The highest BCUT2D eigenvalue weighted by molar-refractivity contribution is 5.95. The van der Waals surface area contributed by atoms with E-state index in [0.29, 0.717) is 17.4 Å². The molecule has 108 valence electrons. The largest absolute Gasteiger partial charge is 0.477 e. The lowest BCUT2D eigenvalue weighted by molar-refractivity contribution is 0.0454. The van der Waals surface area contributed by atoms with Crippen molar-refractivity contribution in [2.45, 2.75) is 33.2 Å². The molecule has 3 unspecified atom stereocenters. The number of pyridine rings is 1. The number of hydrogen-bond acceptors (Lipinski definition) is 3. The van der Waals surface area contributed by atoms with Crippen LogP contribution < -0.4 is 0 Å². The van der Waals surface area contributed by atoms with Crippen molar-refractivity contribution in [1.82, 2.24) is 9.88 Å². The molecular weight excluding hydrogens is 256 g/mol. The number of aromatic carboxylic acids is 1. The molecule has 1 aliphatic rings. The van der Waals surface area contributed by atoms with Gasteiger partial charge in [-0.3, -0.25) is 4.79 Å². The number of carbonyl (C=O) groups excluding carboxylic acids is 1. The molecule has 1 saturated heterocycles. The second-order valence-electron chi connectivity index (χ2n) is 5.75. The topological polar surface area (TPSA) is 70.5 Å². The first-order valence-corrected chi connectivity index (χ1v) is 6.90. The Kier molecular flexibility index (Phi) is 4.06. The van der Waals surface area contributed by atoms with E-state index in [2.05, 4.69) is 25.8 Å². The molecular formula is C15H20N2O3. The van der Waals surface area contributed by atoms with E-state index in [1.54, 1.807) is 0 Å². The van der Waals surface area contributed by atoms with Gasteiger partial charge in [-0.2, -0.15) is 0 Å². The lowest BCUT2D eigenvalue weighted by Crippen LogP contribution is -2.48. The highest BCUT2D eigenvalue weighted by Crippen LogP contribution is 2.28. The zero-order chi connectivity index (χ0) is 14.9. The Morgan fingerprint density at radius 3 is 2.55 bits per heavy atom. The molecule has 1 aromatic heterocycles. The van der Waals surface area contributed by atoms with Crippen molar-refractivity contribution in [3.05, 3.63) is 29.6 Å². The van der Waals surface area contributed by atoms with Crippen molar-refractivity contribution in [1.29, 1.82) is 0 Å². The first-order chi connectivity index (χ1) is 9.40. The molecule has 5 heteroatoms. The second-order valence-corrected chi connectivity index (χ2v) is 5.75. The summed E-state index contributed by atoms with van der Waals surface area (Å²) in [6.07, 6.45) is 2.48. The fourth-order valence-electron chi connectivity index (χ4n) is 2.80. The number of rotatable bonds is 2. The Balaban J connectivity index is 2.19. The summed E-state index contributed by atoms with van der Waals surface area (Å²) in [5.74, 6) is -0.205. The molecule has 2 heterocycles. The van der Waals surface area contributed by atoms with Crippen LogP contribution in [0.1, 0.15) is 48.0 Å². The van der Waals surface area contributed by atoms with Gasteiger partial charge in [0.1, 0.15) is 5.69 Å². The maximum absolute atomic E-state index is 12.5. The summed E-state index contributed by atoms with van der Waals surface area (Å²) >= 11 is 0. The van der Waals surface area contributed by atoms with Gasteiger partial charge < -0.3 is 10.0 Å². The standard InChI is InChI=1S/C15H20N2O3/c1-9-6-10(2)11(3)17(8-9)14(18)12-4-5-13(15(19)20)16-7-12/h4-5,7,9-11H,6,8H2,1-3H3,(H,19,20). The summed E-state index contributed by atoms with van der Waals surface area (Å²) in [4.78, 5) is 29.0. The summed E-state index contributed by atoms with van der Waals surface area (Å²) in [6, 6.07) is 3.10. The zero-order valence-electron chi connectivity index (χ0n) is 12.0. The minimum absolute atomic E-state index is 0.0463. The van der Waals surface area contributed by atoms with Gasteiger partial charge in [0.2, 0.25) is 0 Å². The molecule has 5 nitrogen and oxygen atoms in total. The lowest BCUT2D eigenvalue weighted by atomic mass is 9.85. The van der Waals surface area contributed by atoms with Crippen LogP contribution in [-0.4, -0.2) is 39.5 Å². The third kappa shape index (κ3) is 2.81. The third-order valence-corrected chi connectivity index (χ3v) is 4.09. The molecule has 0 radical (unpaired) electrons. The average Bonchev–Trinajstić information content (AvgIpc) is 2.42. The number of carbonyl (C=O) groups is 2. The van der Waals surface area contributed by atoms with Crippen molar-refractivity contribution in [2.24, 2.45) is 11.8 Å². The molecule has 20 heavy (non-hydrogen) atoms. The van der Waals surface area contributed by atoms with Gasteiger partial charge in [-0.1, -0.05) is 13.8 Å². The van der Waals surface area contributed by atoms with Crippen LogP contribution in [0.15, 0.2) is 18.3 Å². The van der Waals surface area contributed by atoms with E-state index in [1.807, 2.05) is 4.90 Å². The van der Waals surface area contributed by atoms with Crippen LogP contribution in [-0.2, 0) is 0 Å². The summed E-state index contributed by atoms with van der Waals surface area (Å²) in [5.41, 5.74) is 0.401. The number of carboxylic acids is 1. The summed E-state index contributed by atoms with van der Waals surface area (Å²) in [6.45, 7) is 7.11. The van der Waals surface area contributed by atoms with Crippen LogP contribution in [0.3, 0.4) is 0 Å². The molecule has 0 saturated carbocycles. The quantitative estimate of drug-likeness (QED) is 0.899. The molecule has 3 atom stereocenters. The van der Waals surface area contributed by atoms with Crippen LogP contribution in [0.2, 0.25) is 0 Å². The molecule has 1 fully saturated rings. The number of carboxylic acid groups (broad SMARTS) is 1. The van der Waals surface area contributed by atoms with E-state index in [-0.39, 0.29) is 17.6 Å². The van der Waals surface area contributed by atoms with Crippen molar-refractivity contribution >= 4 is 11.9 Å². The summed E-state index contributed by atoms with van der Waals surface area (Å²) in [5, 5.41) is 8.82. The van der Waals surface area contributed by atoms with Gasteiger partial charge >= 0.3 is 5.97 Å². The number of hydrogen-bond donors (Lipinski definition) is 1. The van der Waals surface area contributed by atoms with E-state index in [9.17, 15) is 9.59 Å². The van der Waals surface area contributed by atoms with Crippen molar-refractivity contribution in [3.63, 3.8) is 0 Å². The molecule has 1 amide bonds. The van der Waals surface area contributed by atoms with Crippen LogP contribution in [0.5, 0.6) is 0 Å². The Morgan fingerprint density at radius 2 is 2.00 bits per heavy atom. The van der Waals surface area contributed by atoms with Gasteiger partial charge in [0, 0.05) is 18.8 Å². The van der Waals surface area contributed by atoms with Crippen LogP contribution in [0.4, 0.5) is 0 Å². The van der Waals surface area contributed by atoms with Gasteiger partial charge in [0.05, 0.1) is 5.56 Å². The Hall–Kier alpha value is -1.91. The zero-order valence-corrected chi connectivity index (χ0v) is 12.0. The Bertz CT molecular complexity index is 512. The molecule has 2 rings (SSSR count). The Morgan fingerprint density at radius 1 is 1.30 bits per heavy atom. The summed E-state index contributed by atoms with van der Waals surface area (Å²) in [7, 11) is 0. The fraction of sp³-hybridized carbons (Fsp3) is 0.533. The van der Waals surface area contributed by atoms with Gasteiger partial charge in [-0.25, -0.2) is 9.78 Å². The van der Waals surface area contributed by atoms with Crippen LogP contribution >= 0.6 is 0 Å². The molecule has 0 bridgehead atoms. The lowest BCUT2D eigenvalue weighted by Gasteiger charge is -2.41. The van der Waals surface area contributed by atoms with E-state index in [0.717, 1.165) is 13.0 Å². The minimum Gasteiger partial charge on any atom is -0.477 e. The van der Waals surface area contributed by atoms with E-state index in [1.165, 1.54) is 18.3 Å². The number of amides is 1. The number of likely N-dealkylation sites (tertiary alicyclic amines) is 1. The number of piperidine rings is 1. The SMILES string of the molecule is CC1CC(C)C(C)N(C(=O)c2ccc(C(=O)O)nc2)C1. The van der Waals surface area contributed by atoms with E-state index >= 15 is 0 Å². The normalized spacial score (nSPS) is 26.4. The van der Waals surface area contributed by atoms with Crippen molar-refractivity contribution in [2.75, 3.05) is 6.54 Å². The van der Waals surface area contributed by atoms with Gasteiger partial charge in [0.15, 0.2) is 0 Å². The highest BCUT2D eigenvalue weighted by Gasteiger charge is 2.32. The average molecular weight is 276 g/mol. The number of nitrogens with zero attached hydrogens (tertiary/aromatic N) is 2. The van der Waals surface area contributed by atoms with Crippen molar-refractivity contribution in [3.8, 4) is 0 Å². The monoisotopic (exact) mass is 276 g/mol. The van der Waals surface area contributed by atoms with Gasteiger partial charge in [-0.15, -0.1) is 0 Å². The fourth-order valence-corrected chi connectivity index (χ4v) is 2.80. The highest BCUT2D eigenvalue weighted by atomic mass is 16.4. The Labute approximate surface area is 118 Å². The summed E-state index contributed by atoms with van der Waals surface area (Å²) < 4.78 is 0. The smallest absolute Gasteiger partial charge is 0.354 e. The molecule has 0 spiro atoms. The van der Waals surface area contributed by atoms with Crippen LogP contribution in [0, 0.1) is 11.8 Å². The first kappa shape index (κ1) is 14.5. The minimum atomic E-state index is -1.09. The maximum atomic E-state index is 12.5. The third-order valence-electron chi connectivity index (χ3n) is 4.09. The maximum Gasteiger partial charge on any atom is 0.354 e. The van der Waals surface area contributed by atoms with Gasteiger partial charge in [0.25, 0.3) is 5.91 Å². The van der Waals surface area contributed by atoms with E-state index < -0.39 is 5.97 Å². The van der Waals surface area contributed by atoms with Gasteiger partial charge in [-0.05, 0) is 37.3 Å². The molecule has 1 aliphatic heterocycles. The molecule has 1 N–H and O–H groups in total. The van der Waals surface area contributed by atoms with Crippen molar-refractivity contribution < 1.29 is 14.7 Å². The second kappa shape index (κ2) is 5.61. The van der Waals surface area contributed by atoms with E-state index in [4.69, 9.17) is 5.11 Å². The molecule has 0 aliphatic carbocycles. The predicted octanol–water partition coefficient (Wildman–Crippen LogP) is 2.29. The molecule has 1 aromatic rings.